The molecule has 35 heavy (non-hydrogen) atoms. The van der Waals surface area contributed by atoms with E-state index in [1.54, 1.807) is 4.57 Å². The van der Waals surface area contributed by atoms with Crippen LogP contribution in [0.1, 0.15) is 43.6 Å². The van der Waals surface area contributed by atoms with Crippen molar-refractivity contribution in [1.82, 2.24) is 14.8 Å². The first kappa shape index (κ1) is 26.3. The molecule has 0 saturated carbocycles. The van der Waals surface area contributed by atoms with Gasteiger partial charge in [0.2, 0.25) is 11.8 Å². The van der Waals surface area contributed by atoms with Crippen LogP contribution in [-0.4, -0.2) is 32.3 Å². The van der Waals surface area contributed by atoms with E-state index in [1.807, 2.05) is 45.0 Å². The lowest BCUT2D eigenvalue weighted by Crippen LogP contribution is -2.18. The number of amides is 2. The van der Waals surface area contributed by atoms with Crippen molar-refractivity contribution in [2.24, 2.45) is 0 Å². The zero-order valence-corrected chi connectivity index (χ0v) is 20.3. The Bertz CT molecular complexity index is 1190. The van der Waals surface area contributed by atoms with Crippen LogP contribution in [0.4, 0.5) is 24.5 Å². The van der Waals surface area contributed by atoms with Crippen LogP contribution in [-0.2, 0) is 28.7 Å². The molecule has 0 fully saturated rings. The number of hydrogen-bond donors (Lipinski definition) is 2. The van der Waals surface area contributed by atoms with Crippen LogP contribution in [0.15, 0.2) is 53.7 Å². The van der Waals surface area contributed by atoms with Gasteiger partial charge in [0.05, 0.1) is 17.7 Å². The molecule has 2 aromatic carbocycles. The Morgan fingerprint density at radius 1 is 1.03 bits per heavy atom. The molecule has 0 aliphatic heterocycles. The lowest BCUT2D eigenvalue weighted by Gasteiger charge is -2.13. The second-order valence-corrected chi connectivity index (χ2v) is 8.97. The summed E-state index contributed by atoms with van der Waals surface area (Å²) in [5, 5.41) is 14.0. The third kappa shape index (κ3) is 7.08. The molecule has 2 amide bonds. The number of carbonyl (C=O) groups excluding carboxylic acids is 2. The van der Waals surface area contributed by atoms with E-state index in [-0.39, 0.29) is 29.7 Å². The summed E-state index contributed by atoms with van der Waals surface area (Å²) in [7, 11) is 0. The van der Waals surface area contributed by atoms with Crippen molar-refractivity contribution in [2.75, 3.05) is 16.4 Å². The number of aromatic nitrogens is 3. The normalized spacial score (nSPS) is 11.5. The topological polar surface area (TPSA) is 88.9 Å². The first-order chi connectivity index (χ1) is 16.6. The second kappa shape index (κ2) is 11.4. The number of carbonyl (C=O) groups is 2. The molecular weight excluding hydrogens is 479 g/mol. The average molecular weight is 506 g/mol. The lowest BCUT2D eigenvalue weighted by atomic mass is 10.0. The molecule has 3 rings (SSSR count). The summed E-state index contributed by atoms with van der Waals surface area (Å²) in [5.74, 6) is -0.0123. The summed E-state index contributed by atoms with van der Waals surface area (Å²) in [6.07, 6.45) is -4.68. The van der Waals surface area contributed by atoms with Gasteiger partial charge < -0.3 is 15.2 Å². The summed E-state index contributed by atoms with van der Waals surface area (Å²) in [4.78, 5) is 24.9. The molecule has 0 saturated heterocycles. The van der Waals surface area contributed by atoms with Crippen LogP contribution < -0.4 is 10.6 Å². The van der Waals surface area contributed by atoms with Crippen molar-refractivity contribution in [3.63, 3.8) is 0 Å². The van der Waals surface area contributed by atoms with Gasteiger partial charge in [0, 0.05) is 17.9 Å². The number of alkyl halides is 3. The molecule has 0 unspecified atom stereocenters. The maximum atomic E-state index is 12.9. The van der Waals surface area contributed by atoms with Crippen LogP contribution in [0.3, 0.4) is 0 Å². The fraction of sp³-hybridized carbons (Fsp3) is 0.333. The van der Waals surface area contributed by atoms with E-state index < -0.39 is 17.6 Å². The second-order valence-electron chi connectivity index (χ2n) is 8.03. The number of benzene rings is 2. The number of nitrogens with one attached hydrogen (secondary N) is 2. The highest BCUT2D eigenvalue weighted by atomic mass is 32.2. The molecule has 186 valence electrons. The molecular formula is C24H26F3N5O2S. The summed E-state index contributed by atoms with van der Waals surface area (Å²) < 4.78 is 40.4. The lowest BCUT2D eigenvalue weighted by molar-refractivity contribution is -0.137. The minimum atomic E-state index is -4.50. The Morgan fingerprint density at radius 3 is 2.46 bits per heavy atom. The maximum absolute atomic E-state index is 12.9. The molecule has 3 aromatic rings. The van der Waals surface area contributed by atoms with Crippen molar-refractivity contribution >= 4 is 35.0 Å². The summed E-state index contributed by atoms with van der Waals surface area (Å²) in [6, 6.07) is 12.0. The van der Waals surface area contributed by atoms with Gasteiger partial charge in [-0.15, -0.1) is 10.2 Å². The van der Waals surface area contributed by atoms with Crippen LogP contribution in [0.2, 0.25) is 0 Å². The van der Waals surface area contributed by atoms with E-state index in [0.717, 1.165) is 23.4 Å². The van der Waals surface area contributed by atoms with Gasteiger partial charge in [-0.2, -0.15) is 13.2 Å². The largest absolute Gasteiger partial charge is 0.416 e. The summed E-state index contributed by atoms with van der Waals surface area (Å²) >= 11 is 1.19. The highest BCUT2D eigenvalue weighted by Gasteiger charge is 2.30. The number of para-hydroxylation sites is 1. The first-order valence-electron chi connectivity index (χ1n) is 11.0. The maximum Gasteiger partial charge on any atom is 0.416 e. The Morgan fingerprint density at radius 2 is 1.77 bits per heavy atom. The minimum absolute atomic E-state index is 0.0420. The SMILES string of the molecule is CCn1c(CC(=O)Nc2cccc(C(F)(F)F)c2)nnc1SCC(=O)Nc1ccccc1C(C)C. The van der Waals surface area contributed by atoms with Gasteiger partial charge in [-0.1, -0.05) is 49.9 Å². The van der Waals surface area contributed by atoms with Crippen molar-refractivity contribution in [1.29, 1.82) is 0 Å². The van der Waals surface area contributed by atoms with Crippen LogP contribution in [0.5, 0.6) is 0 Å². The fourth-order valence-corrected chi connectivity index (χ4v) is 4.25. The number of anilines is 2. The van der Waals surface area contributed by atoms with Crippen LogP contribution in [0, 0.1) is 0 Å². The smallest absolute Gasteiger partial charge is 0.326 e. The number of hydrogen-bond acceptors (Lipinski definition) is 5. The van der Waals surface area contributed by atoms with Crippen molar-refractivity contribution in [3.05, 3.63) is 65.5 Å². The monoisotopic (exact) mass is 505 g/mol. The molecule has 0 aliphatic rings. The van der Waals surface area contributed by atoms with Gasteiger partial charge in [0.1, 0.15) is 5.82 Å². The molecule has 7 nitrogen and oxygen atoms in total. The van der Waals surface area contributed by atoms with E-state index in [0.29, 0.717) is 17.5 Å². The van der Waals surface area contributed by atoms with Gasteiger partial charge >= 0.3 is 6.18 Å². The molecule has 0 radical (unpaired) electrons. The molecule has 2 N–H and O–H groups in total. The van der Waals surface area contributed by atoms with Gasteiger partial charge in [0.15, 0.2) is 5.16 Å². The molecule has 1 aromatic heterocycles. The third-order valence-electron chi connectivity index (χ3n) is 5.09. The Kier molecular flexibility index (Phi) is 8.55. The molecule has 0 atom stereocenters. The predicted octanol–water partition coefficient (Wildman–Crippen LogP) is 5.35. The summed E-state index contributed by atoms with van der Waals surface area (Å²) in [5.41, 5.74) is 0.994. The number of halogens is 3. The highest BCUT2D eigenvalue weighted by molar-refractivity contribution is 7.99. The van der Waals surface area contributed by atoms with Gasteiger partial charge in [-0.05, 0) is 42.7 Å². The first-order valence-corrected chi connectivity index (χ1v) is 12.0. The van der Waals surface area contributed by atoms with Crippen molar-refractivity contribution in [3.8, 4) is 0 Å². The van der Waals surface area contributed by atoms with Crippen LogP contribution in [0.25, 0.3) is 0 Å². The minimum Gasteiger partial charge on any atom is -0.326 e. The Hall–Kier alpha value is -3.34. The molecule has 0 bridgehead atoms. The van der Waals surface area contributed by atoms with Gasteiger partial charge in [0.25, 0.3) is 0 Å². The number of thioether (sulfide) groups is 1. The molecule has 1 heterocycles. The van der Waals surface area contributed by atoms with E-state index in [9.17, 15) is 22.8 Å². The van der Waals surface area contributed by atoms with E-state index in [4.69, 9.17) is 0 Å². The van der Waals surface area contributed by atoms with Crippen molar-refractivity contribution < 1.29 is 22.8 Å². The Balaban J connectivity index is 1.61. The molecule has 11 heteroatoms. The zero-order valence-electron chi connectivity index (χ0n) is 19.5. The standard InChI is InChI=1S/C24H26F3N5O2S/c1-4-32-20(13-21(33)28-17-9-7-8-16(12-17)24(25,26)27)30-31-23(32)35-14-22(34)29-19-11-6-5-10-18(19)15(2)3/h5-12,15H,4,13-14H2,1-3H3,(H,28,33)(H,29,34). The quantitative estimate of drug-likeness (QED) is 0.383. The Labute approximate surface area is 205 Å². The van der Waals surface area contributed by atoms with E-state index >= 15 is 0 Å². The van der Waals surface area contributed by atoms with Gasteiger partial charge in [-0.25, -0.2) is 0 Å². The van der Waals surface area contributed by atoms with Crippen LogP contribution >= 0.6 is 11.8 Å². The predicted molar refractivity (Wildman–Crippen MR) is 129 cm³/mol. The summed E-state index contributed by atoms with van der Waals surface area (Å²) in [6.45, 7) is 6.40. The van der Waals surface area contributed by atoms with Crippen molar-refractivity contribution in [2.45, 2.75) is 51.0 Å². The van der Waals surface area contributed by atoms with E-state index in [1.165, 1.54) is 23.9 Å². The average Bonchev–Trinajstić information content (AvgIpc) is 3.18. The number of nitrogens with zero attached hydrogens (tertiary/aromatic N) is 3. The fourth-order valence-electron chi connectivity index (χ4n) is 3.43. The highest BCUT2D eigenvalue weighted by Crippen LogP contribution is 2.30. The van der Waals surface area contributed by atoms with Gasteiger partial charge in [-0.3, -0.25) is 9.59 Å². The van der Waals surface area contributed by atoms with E-state index in [2.05, 4.69) is 20.8 Å². The zero-order chi connectivity index (χ0) is 25.6. The molecule has 0 spiro atoms. The number of rotatable bonds is 9. The molecule has 0 aliphatic carbocycles. The third-order valence-corrected chi connectivity index (χ3v) is 6.06.